The first kappa shape index (κ1) is 15.2. The molecule has 4 nitrogen and oxygen atoms in total. The smallest absolute Gasteiger partial charge is 0.137 e. The Hall–Kier alpha value is -0.870. The topological polar surface area (TPSA) is 38.2 Å². The molecule has 1 rings (SSSR count). The van der Waals surface area contributed by atoms with Crippen LogP contribution in [0.1, 0.15) is 38.1 Å². The summed E-state index contributed by atoms with van der Waals surface area (Å²) in [5.41, 5.74) is 0.930. The third-order valence-corrected chi connectivity index (χ3v) is 3.21. The number of rotatable bonds is 6. The van der Waals surface area contributed by atoms with Crippen molar-refractivity contribution in [3.05, 3.63) is 16.5 Å². The lowest BCUT2D eigenvalue weighted by Gasteiger charge is -2.24. The number of anilines is 1. The van der Waals surface area contributed by atoms with Gasteiger partial charge < -0.3 is 9.64 Å². The molecule has 102 valence electrons. The third kappa shape index (κ3) is 3.56. The highest BCUT2D eigenvalue weighted by Crippen LogP contribution is 2.25. The van der Waals surface area contributed by atoms with E-state index in [1.807, 2.05) is 6.92 Å². The van der Waals surface area contributed by atoms with Crippen molar-refractivity contribution in [3.8, 4) is 0 Å². The molecule has 0 aliphatic heterocycles. The van der Waals surface area contributed by atoms with Crippen LogP contribution in [0.2, 0.25) is 5.15 Å². The summed E-state index contributed by atoms with van der Waals surface area (Å²) in [5.74, 6) is 1.97. The molecule has 0 unspecified atom stereocenters. The highest BCUT2D eigenvalue weighted by Gasteiger charge is 2.16. The summed E-state index contributed by atoms with van der Waals surface area (Å²) in [6.07, 6.45) is 0. The van der Waals surface area contributed by atoms with Crippen LogP contribution in [0.5, 0.6) is 0 Å². The van der Waals surface area contributed by atoms with Gasteiger partial charge >= 0.3 is 0 Å². The molecule has 0 amide bonds. The van der Waals surface area contributed by atoms with Gasteiger partial charge in [0.2, 0.25) is 0 Å². The van der Waals surface area contributed by atoms with E-state index in [1.165, 1.54) is 0 Å². The van der Waals surface area contributed by atoms with Crippen LogP contribution in [-0.4, -0.2) is 36.8 Å². The minimum atomic E-state index is 0.267. The first-order valence-electron chi connectivity index (χ1n) is 6.29. The highest BCUT2D eigenvalue weighted by atomic mass is 35.5. The van der Waals surface area contributed by atoms with E-state index in [-0.39, 0.29) is 5.92 Å². The van der Waals surface area contributed by atoms with Crippen LogP contribution in [0.3, 0.4) is 0 Å². The molecule has 0 spiro atoms. The van der Waals surface area contributed by atoms with Crippen molar-refractivity contribution < 1.29 is 4.74 Å². The van der Waals surface area contributed by atoms with E-state index in [4.69, 9.17) is 16.3 Å². The lowest BCUT2D eigenvalue weighted by molar-refractivity contribution is 0.205. The Bertz CT molecular complexity index is 396. The second-order valence-corrected chi connectivity index (χ2v) is 4.91. The molecule has 0 saturated heterocycles. The van der Waals surface area contributed by atoms with E-state index in [2.05, 4.69) is 35.6 Å². The molecule has 18 heavy (non-hydrogen) atoms. The van der Waals surface area contributed by atoms with Crippen LogP contribution in [0, 0.1) is 6.92 Å². The molecule has 5 heteroatoms. The van der Waals surface area contributed by atoms with Gasteiger partial charge in [-0.3, -0.25) is 0 Å². The maximum Gasteiger partial charge on any atom is 0.137 e. The lowest BCUT2D eigenvalue weighted by atomic mass is 10.2. The molecule has 0 fully saturated rings. The summed E-state index contributed by atoms with van der Waals surface area (Å²) >= 11 is 6.19. The molecule has 0 aliphatic rings. The van der Waals surface area contributed by atoms with Gasteiger partial charge in [0.15, 0.2) is 0 Å². The molecule has 1 aromatic heterocycles. The molecule has 1 aromatic rings. The first-order valence-corrected chi connectivity index (χ1v) is 6.66. The highest BCUT2D eigenvalue weighted by molar-refractivity contribution is 6.30. The molecule has 0 radical (unpaired) electrons. The number of hydrogen-bond acceptors (Lipinski definition) is 4. The van der Waals surface area contributed by atoms with Crippen molar-refractivity contribution in [2.75, 3.05) is 31.7 Å². The van der Waals surface area contributed by atoms with Crippen LogP contribution in [0.25, 0.3) is 0 Å². The van der Waals surface area contributed by atoms with Crippen molar-refractivity contribution in [2.24, 2.45) is 0 Å². The van der Waals surface area contributed by atoms with Crippen LogP contribution < -0.4 is 4.90 Å². The monoisotopic (exact) mass is 271 g/mol. The predicted octanol–water partition coefficient (Wildman–Crippen LogP) is 3.03. The summed E-state index contributed by atoms with van der Waals surface area (Å²) in [4.78, 5) is 11.1. The normalized spacial score (nSPS) is 11.1. The SMILES string of the molecule is CCN(CCOC)c1nc(C(C)C)nc(Cl)c1C. The maximum atomic E-state index is 6.19. The fraction of sp³-hybridized carbons (Fsp3) is 0.692. The number of likely N-dealkylation sites (N-methyl/N-ethyl adjacent to an activating group) is 1. The molecular weight excluding hydrogens is 250 g/mol. The Morgan fingerprint density at radius 1 is 1.33 bits per heavy atom. The Morgan fingerprint density at radius 2 is 2.00 bits per heavy atom. The van der Waals surface area contributed by atoms with Gasteiger partial charge in [-0.25, -0.2) is 9.97 Å². The van der Waals surface area contributed by atoms with Crippen molar-refractivity contribution in [3.63, 3.8) is 0 Å². The number of aromatic nitrogens is 2. The maximum absolute atomic E-state index is 6.19. The van der Waals surface area contributed by atoms with Gasteiger partial charge in [0.25, 0.3) is 0 Å². The minimum absolute atomic E-state index is 0.267. The van der Waals surface area contributed by atoms with E-state index in [9.17, 15) is 0 Å². The van der Waals surface area contributed by atoms with E-state index < -0.39 is 0 Å². The van der Waals surface area contributed by atoms with E-state index >= 15 is 0 Å². The standard InChI is InChI=1S/C13H22ClN3O/c1-6-17(7-8-18-5)13-10(4)11(14)15-12(16-13)9(2)3/h9H,6-8H2,1-5H3. The minimum Gasteiger partial charge on any atom is -0.383 e. The molecule has 0 aromatic carbocycles. The summed E-state index contributed by atoms with van der Waals surface area (Å²) in [7, 11) is 1.70. The molecule has 0 saturated carbocycles. The van der Waals surface area contributed by atoms with Crippen LogP contribution in [0.15, 0.2) is 0 Å². The summed E-state index contributed by atoms with van der Waals surface area (Å²) in [6.45, 7) is 10.5. The zero-order valence-electron chi connectivity index (χ0n) is 11.8. The molecule has 0 bridgehead atoms. The molecule has 1 heterocycles. The van der Waals surface area contributed by atoms with Gasteiger partial charge in [0, 0.05) is 31.7 Å². The van der Waals surface area contributed by atoms with E-state index in [0.29, 0.717) is 11.8 Å². The molecule has 0 atom stereocenters. The van der Waals surface area contributed by atoms with Crippen molar-refractivity contribution >= 4 is 17.4 Å². The van der Waals surface area contributed by atoms with Gasteiger partial charge in [0.1, 0.15) is 16.8 Å². The fourth-order valence-electron chi connectivity index (χ4n) is 1.68. The largest absolute Gasteiger partial charge is 0.383 e. The van der Waals surface area contributed by atoms with Crippen molar-refractivity contribution in [1.29, 1.82) is 0 Å². The van der Waals surface area contributed by atoms with Crippen molar-refractivity contribution in [1.82, 2.24) is 9.97 Å². The second-order valence-electron chi connectivity index (χ2n) is 4.55. The summed E-state index contributed by atoms with van der Waals surface area (Å²) < 4.78 is 5.13. The van der Waals surface area contributed by atoms with Crippen LogP contribution in [-0.2, 0) is 4.74 Å². The quantitative estimate of drug-likeness (QED) is 0.746. The number of halogens is 1. The average molecular weight is 272 g/mol. The second kappa shape index (κ2) is 6.90. The molecule has 0 N–H and O–H groups in total. The number of nitrogens with zero attached hydrogens (tertiary/aromatic N) is 3. The first-order chi connectivity index (χ1) is 8.51. The van der Waals surface area contributed by atoms with Crippen LogP contribution in [0.4, 0.5) is 5.82 Å². The number of methoxy groups -OCH3 is 1. The Morgan fingerprint density at radius 3 is 2.50 bits per heavy atom. The van der Waals surface area contributed by atoms with E-state index in [0.717, 1.165) is 30.3 Å². The molecular formula is C13H22ClN3O. The van der Waals surface area contributed by atoms with Gasteiger partial charge in [-0.05, 0) is 13.8 Å². The van der Waals surface area contributed by atoms with Crippen molar-refractivity contribution in [2.45, 2.75) is 33.6 Å². The van der Waals surface area contributed by atoms with Gasteiger partial charge in [-0.2, -0.15) is 0 Å². The fourth-order valence-corrected chi connectivity index (χ4v) is 1.85. The van der Waals surface area contributed by atoms with Gasteiger partial charge in [-0.15, -0.1) is 0 Å². The molecule has 0 aliphatic carbocycles. The lowest BCUT2D eigenvalue weighted by Crippen LogP contribution is -2.29. The average Bonchev–Trinajstić information content (AvgIpc) is 2.34. The van der Waals surface area contributed by atoms with Gasteiger partial charge in [0.05, 0.1) is 6.61 Å². The van der Waals surface area contributed by atoms with Crippen LogP contribution >= 0.6 is 11.6 Å². The van der Waals surface area contributed by atoms with Gasteiger partial charge in [-0.1, -0.05) is 25.4 Å². The predicted molar refractivity (Wildman–Crippen MR) is 75.6 cm³/mol. The zero-order valence-corrected chi connectivity index (χ0v) is 12.6. The number of ether oxygens (including phenoxy) is 1. The zero-order chi connectivity index (χ0) is 13.7. The number of hydrogen-bond donors (Lipinski definition) is 0. The summed E-state index contributed by atoms with van der Waals surface area (Å²) in [5, 5.41) is 0.541. The Balaban J connectivity index is 3.11. The third-order valence-electron chi connectivity index (χ3n) is 2.84. The van der Waals surface area contributed by atoms with E-state index in [1.54, 1.807) is 7.11 Å². The Kier molecular flexibility index (Phi) is 5.82. The summed E-state index contributed by atoms with van der Waals surface area (Å²) in [6, 6.07) is 0. The Labute approximate surface area is 114 Å².